The number of halogens is 1. The molecular weight excluding hydrogens is 198 g/mol. The molecule has 0 spiro atoms. The maximum atomic E-state index is 9.24. The van der Waals surface area contributed by atoms with Gasteiger partial charge in [0.25, 0.3) is 0 Å². The van der Waals surface area contributed by atoms with Crippen molar-refractivity contribution in [3.63, 3.8) is 0 Å². The van der Waals surface area contributed by atoms with E-state index < -0.39 is 0 Å². The van der Waals surface area contributed by atoms with Crippen LogP contribution in [-0.2, 0) is 0 Å². The zero-order chi connectivity index (χ0) is 9.97. The lowest BCUT2D eigenvalue weighted by atomic mass is 10.1. The number of nitrogens with one attached hydrogen (secondary N) is 1. The summed E-state index contributed by atoms with van der Waals surface area (Å²) in [4.78, 5) is 0. The second kappa shape index (κ2) is 4.30. The summed E-state index contributed by atoms with van der Waals surface area (Å²) in [5.41, 5.74) is 1.06. The summed E-state index contributed by atoms with van der Waals surface area (Å²) < 4.78 is 0. The zero-order valence-corrected chi connectivity index (χ0v) is 8.67. The van der Waals surface area contributed by atoms with Crippen molar-refractivity contribution in [3.8, 4) is 0 Å². The van der Waals surface area contributed by atoms with E-state index in [9.17, 15) is 5.11 Å². The standard InChI is InChI=1S/C11H14ClNO/c12-9-3-1-2-8(6-9)11(7-14)13-10-4-5-10/h1-3,6,10-11,13-14H,4-5,7H2. The Morgan fingerprint density at radius 1 is 1.50 bits per heavy atom. The Morgan fingerprint density at radius 3 is 2.86 bits per heavy atom. The fraction of sp³-hybridized carbons (Fsp3) is 0.455. The van der Waals surface area contributed by atoms with Crippen molar-refractivity contribution in [3.05, 3.63) is 34.9 Å². The fourth-order valence-corrected chi connectivity index (χ4v) is 1.71. The summed E-state index contributed by atoms with van der Waals surface area (Å²) in [6.07, 6.45) is 2.44. The minimum absolute atomic E-state index is 0.0289. The van der Waals surface area contributed by atoms with Crippen LogP contribution < -0.4 is 5.32 Å². The van der Waals surface area contributed by atoms with Gasteiger partial charge in [-0.2, -0.15) is 0 Å². The number of benzene rings is 1. The van der Waals surface area contributed by atoms with E-state index in [1.807, 2.05) is 24.3 Å². The van der Waals surface area contributed by atoms with E-state index in [-0.39, 0.29) is 12.6 Å². The summed E-state index contributed by atoms with van der Waals surface area (Å²) >= 11 is 5.89. The molecule has 0 aromatic heterocycles. The van der Waals surface area contributed by atoms with Crippen LogP contribution in [0.4, 0.5) is 0 Å². The average Bonchev–Trinajstić information content (AvgIpc) is 2.98. The Labute approximate surface area is 88.9 Å². The Hall–Kier alpha value is -0.570. The van der Waals surface area contributed by atoms with E-state index in [0.29, 0.717) is 6.04 Å². The lowest BCUT2D eigenvalue weighted by Crippen LogP contribution is -2.26. The quantitative estimate of drug-likeness (QED) is 0.800. The number of rotatable bonds is 4. The fourth-order valence-electron chi connectivity index (χ4n) is 1.51. The van der Waals surface area contributed by atoms with Crippen molar-refractivity contribution >= 4 is 11.6 Å². The molecule has 14 heavy (non-hydrogen) atoms. The smallest absolute Gasteiger partial charge is 0.0626 e. The first kappa shape index (κ1) is 9.97. The summed E-state index contributed by atoms with van der Waals surface area (Å²) in [5.74, 6) is 0. The lowest BCUT2D eigenvalue weighted by molar-refractivity contribution is 0.243. The van der Waals surface area contributed by atoms with Crippen LogP contribution in [0.3, 0.4) is 0 Å². The molecule has 76 valence electrons. The highest BCUT2D eigenvalue weighted by atomic mass is 35.5. The molecular formula is C11H14ClNO. The predicted octanol–water partition coefficient (Wildman–Crippen LogP) is 2.13. The highest BCUT2D eigenvalue weighted by molar-refractivity contribution is 6.30. The topological polar surface area (TPSA) is 32.3 Å². The Kier molecular flexibility index (Phi) is 3.06. The summed E-state index contributed by atoms with van der Waals surface area (Å²) in [5, 5.41) is 13.3. The molecule has 1 unspecified atom stereocenters. The van der Waals surface area contributed by atoms with Crippen LogP contribution in [0, 0.1) is 0 Å². The van der Waals surface area contributed by atoms with Gasteiger partial charge in [-0.25, -0.2) is 0 Å². The van der Waals surface area contributed by atoms with Gasteiger partial charge in [0.15, 0.2) is 0 Å². The second-order valence-corrected chi connectivity index (χ2v) is 4.17. The molecule has 1 atom stereocenters. The van der Waals surface area contributed by atoms with Crippen molar-refractivity contribution in [1.82, 2.24) is 5.32 Å². The first-order chi connectivity index (χ1) is 6.79. The van der Waals surface area contributed by atoms with Crippen molar-refractivity contribution in [2.75, 3.05) is 6.61 Å². The normalized spacial score (nSPS) is 18.1. The molecule has 1 saturated carbocycles. The molecule has 2 N–H and O–H groups in total. The maximum Gasteiger partial charge on any atom is 0.0626 e. The third-order valence-corrected chi connectivity index (χ3v) is 2.68. The summed E-state index contributed by atoms with van der Waals surface area (Å²) in [6.45, 7) is 0.122. The highest BCUT2D eigenvalue weighted by Gasteiger charge is 2.24. The van der Waals surface area contributed by atoms with Gasteiger partial charge in [0.05, 0.1) is 12.6 Å². The number of hydrogen-bond acceptors (Lipinski definition) is 2. The van der Waals surface area contributed by atoms with Crippen molar-refractivity contribution in [2.45, 2.75) is 24.9 Å². The molecule has 3 heteroatoms. The molecule has 0 heterocycles. The van der Waals surface area contributed by atoms with Crippen LogP contribution in [0.15, 0.2) is 24.3 Å². The van der Waals surface area contributed by atoms with E-state index in [2.05, 4.69) is 5.32 Å². The van der Waals surface area contributed by atoms with Gasteiger partial charge in [-0.3, -0.25) is 0 Å². The van der Waals surface area contributed by atoms with Crippen LogP contribution in [0.5, 0.6) is 0 Å². The molecule has 1 aliphatic carbocycles. The zero-order valence-electron chi connectivity index (χ0n) is 7.91. The van der Waals surface area contributed by atoms with Gasteiger partial charge in [-0.05, 0) is 30.5 Å². The van der Waals surface area contributed by atoms with Crippen LogP contribution in [-0.4, -0.2) is 17.8 Å². The van der Waals surface area contributed by atoms with E-state index in [1.54, 1.807) is 0 Å². The first-order valence-corrected chi connectivity index (χ1v) is 5.30. The molecule has 1 aliphatic rings. The molecule has 0 radical (unpaired) electrons. The Balaban J connectivity index is 2.08. The van der Waals surface area contributed by atoms with E-state index in [0.717, 1.165) is 10.6 Å². The highest BCUT2D eigenvalue weighted by Crippen LogP contribution is 2.25. The first-order valence-electron chi connectivity index (χ1n) is 4.92. The van der Waals surface area contributed by atoms with E-state index >= 15 is 0 Å². The van der Waals surface area contributed by atoms with Crippen LogP contribution in [0.2, 0.25) is 5.02 Å². The maximum absolute atomic E-state index is 9.24. The van der Waals surface area contributed by atoms with Crippen molar-refractivity contribution < 1.29 is 5.11 Å². The minimum Gasteiger partial charge on any atom is -0.394 e. The van der Waals surface area contributed by atoms with Gasteiger partial charge in [0.2, 0.25) is 0 Å². The number of aliphatic hydroxyl groups is 1. The molecule has 2 rings (SSSR count). The van der Waals surface area contributed by atoms with E-state index in [1.165, 1.54) is 12.8 Å². The van der Waals surface area contributed by atoms with Crippen LogP contribution >= 0.6 is 11.6 Å². The molecule has 1 aromatic carbocycles. The third kappa shape index (κ3) is 2.47. The summed E-state index contributed by atoms with van der Waals surface area (Å²) in [6, 6.07) is 8.26. The molecule has 1 aromatic rings. The van der Waals surface area contributed by atoms with Gasteiger partial charge in [0, 0.05) is 11.1 Å². The van der Waals surface area contributed by atoms with Gasteiger partial charge in [-0.15, -0.1) is 0 Å². The van der Waals surface area contributed by atoms with E-state index in [4.69, 9.17) is 11.6 Å². The Bertz CT molecular complexity index is 312. The van der Waals surface area contributed by atoms with Crippen molar-refractivity contribution in [2.24, 2.45) is 0 Å². The van der Waals surface area contributed by atoms with Gasteiger partial charge < -0.3 is 10.4 Å². The predicted molar refractivity (Wildman–Crippen MR) is 57.4 cm³/mol. The molecule has 1 fully saturated rings. The second-order valence-electron chi connectivity index (χ2n) is 3.73. The van der Waals surface area contributed by atoms with Crippen LogP contribution in [0.25, 0.3) is 0 Å². The summed E-state index contributed by atoms with van der Waals surface area (Å²) in [7, 11) is 0. The molecule has 0 saturated heterocycles. The lowest BCUT2D eigenvalue weighted by Gasteiger charge is -2.16. The molecule has 0 amide bonds. The molecule has 0 aliphatic heterocycles. The monoisotopic (exact) mass is 211 g/mol. The van der Waals surface area contributed by atoms with Gasteiger partial charge in [-0.1, -0.05) is 23.7 Å². The van der Waals surface area contributed by atoms with Crippen LogP contribution in [0.1, 0.15) is 24.4 Å². The third-order valence-electron chi connectivity index (χ3n) is 2.45. The van der Waals surface area contributed by atoms with Gasteiger partial charge >= 0.3 is 0 Å². The average molecular weight is 212 g/mol. The SMILES string of the molecule is OCC(NC1CC1)c1cccc(Cl)c1. The molecule has 2 nitrogen and oxygen atoms in total. The number of hydrogen-bond donors (Lipinski definition) is 2. The molecule has 0 bridgehead atoms. The Morgan fingerprint density at radius 2 is 2.29 bits per heavy atom. The number of aliphatic hydroxyl groups excluding tert-OH is 1. The van der Waals surface area contributed by atoms with Crippen molar-refractivity contribution in [1.29, 1.82) is 0 Å². The minimum atomic E-state index is 0.0289. The van der Waals surface area contributed by atoms with Gasteiger partial charge in [0.1, 0.15) is 0 Å². The largest absolute Gasteiger partial charge is 0.394 e.